The van der Waals surface area contributed by atoms with Crippen molar-refractivity contribution in [2.75, 3.05) is 26.2 Å². The van der Waals surface area contributed by atoms with Gasteiger partial charge in [0.1, 0.15) is 17.7 Å². The summed E-state index contributed by atoms with van der Waals surface area (Å²) in [5, 5.41) is 18.3. The zero-order valence-corrected chi connectivity index (χ0v) is 16.3. The number of piperazine rings is 1. The largest absolute Gasteiger partial charge is 0.372 e. The van der Waals surface area contributed by atoms with Gasteiger partial charge in [0.05, 0.1) is 0 Å². The van der Waals surface area contributed by atoms with E-state index in [1.807, 2.05) is 0 Å². The summed E-state index contributed by atoms with van der Waals surface area (Å²) in [4.78, 5) is 5.07. The lowest BCUT2D eigenvalue weighted by molar-refractivity contribution is 0.147. The first-order valence-corrected chi connectivity index (χ1v) is 10.2. The molecule has 1 fully saturated rings. The van der Waals surface area contributed by atoms with Gasteiger partial charge in [-0.2, -0.15) is 10.5 Å². The Morgan fingerprint density at radius 3 is 2.36 bits per heavy atom. The number of hydrogen-bond acceptors (Lipinski definition) is 4. The Bertz CT molecular complexity index is 871. The molecule has 1 atom stereocenters. The molecule has 0 N–H and O–H groups in total. The van der Waals surface area contributed by atoms with Crippen molar-refractivity contribution < 1.29 is 0 Å². The van der Waals surface area contributed by atoms with Crippen LogP contribution in [0.15, 0.2) is 64.9 Å². The molecule has 1 aromatic carbocycles. The van der Waals surface area contributed by atoms with Crippen LogP contribution in [0.4, 0.5) is 0 Å². The molecule has 4 rings (SSSR count). The Balaban J connectivity index is 1.43. The molecule has 0 spiro atoms. The first-order valence-electron chi connectivity index (χ1n) is 10.2. The van der Waals surface area contributed by atoms with Gasteiger partial charge in [-0.15, -0.1) is 0 Å². The van der Waals surface area contributed by atoms with Crippen molar-refractivity contribution in [3.63, 3.8) is 0 Å². The van der Waals surface area contributed by atoms with Gasteiger partial charge in [0.15, 0.2) is 0 Å². The van der Waals surface area contributed by atoms with Gasteiger partial charge in [-0.05, 0) is 54.4 Å². The maximum Gasteiger partial charge on any atom is 0.132 e. The van der Waals surface area contributed by atoms with E-state index in [1.165, 1.54) is 23.3 Å². The third-order valence-corrected chi connectivity index (χ3v) is 6.23. The minimum atomic E-state index is 0.279. The Morgan fingerprint density at radius 2 is 1.64 bits per heavy atom. The van der Waals surface area contributed by atoms with Crippen molar-refractivity contribution >= 4 is 0 Å². The second kappa shape index (κ2) is 8.46. The number of benzene rings is 1. The standard InChI is InChI=1S/C24H26N4/c25-16-23(17-26)21-7-6-20-8-9-24(15-22(20)14-21)28-12-10-27(11-13-28)18-19-4-2-1-3-5-19/h1-5,14-15,20H,6-13,18H2/t20-/m0/s1. The van der Waals surface area contributed by atoms with Crippen LogP contribution in [-0.2, 0) is 6.54 Å². The highest BCUT2D eigenvalue weighted by Gasteiger charge is 2.27. The lowest BCUT2D eigenvalue weighted by atomic mass is 9.77. The predicted octanol–water partition coefficient (Wildman–Crippen LogP) is 4.16. The summed E-state index contributed by atoms with van der Waals surface area (Å²) in [6.45, 7) is 5.35. The molecule has 1 aliphatic heterocycles. The molecular weight excluding hydrogens is 344 g/mol. The van der Waals surface area contributed by atoms with E-state index in [-0.39, 0.29) is 5.57 Å². The van der Waals surface area contributed by atoms with Crippen LogP contribution in [0.3, 0.4) is 0 Å². The minimum absolute atomic E-state index is 0.279. The van der Waals surface area contributed by atoms with Crippen LogP contribution in [0.5, 0.6) is 0 Å². The molecule has 0 radical (unpaired) electrons. The lowest BCUT2D eigenvalue weighted by Crippen LogP contribution is -2.45. The molecular formula is C24H26N4. The number of nitriles is 2. The Kier molecular flexibility index (Phi) is 5.60. The maximum absolute atomic E-state index is 9.17. The zero-order chi connectivity index (χ0) is 19.3. The molecule has 3 aliphatic rings. The third-order valence-electron chi connectivity index (χ3n) is 6.23. The van der Waals surface area contributed by atoms with Gasteiger partial charge in [-0.1, -0.05) is 36.4 Å². The number of hydrogen-bond donors (Lipinski definition) is 0. The van der Waals surface area contributed by atoms with Gasteiger partial charge in [-0.25, -0.2) is 0 Å². The summed E-state index contributed by atoms with van der Waals surface area (Å²) >= 11 is 0. The van der Waals surface area contributed by atoms with Crippen LogP contribution in [0, 0.1) is 28.6 Å². The fraction of sp³-hybridized carbons (Fsp3) is 0.417. The van der Waals surface area contributed by atoms with Crippen LogP contribution in [0.25, 0.3) is 0 Å². The van der Waals surface area contributed by atoms with Gasteiger partial charge in [-0.3, -0.25) is 4.90 Å². The molecule has 2 aliphatic carbocycles. The normalized spacial score (nSPS) is 22.4. The van der Waals surface area contributed by atoms with Crippen molar-refractivity contribution in [1.29, 1.82) is 10.5 Å². The number of allylic oxidation sites excluding steroid dienone is 6. The Labute approximate surface area is 167 Å². The zero-order valence-electron chi connectivity index (χ0n) is 16.3. The molecule has 4 nitrogen and oxygen atoms in total. The molecule has 4 heteroatoms. The number of nitrogens with zero attached hydrogens (tertiary/aromatic N) is 4. The summed E-state index contributed by atoms with van der Waals surface area (Å²) in [5.41, 5.74) is 5.33. The quantitative estimate of drug-likeness (QED) is 0.750. The monoisotopic (exact) mass is 370 g/mol. The van der Waals surface area contributed by atoms with Crippen molar-refractivity contribution in [2.45, 2.75) is 32.2 Å². The predicted molar refractivity (Wildman–Crippen MR) is 110 cm³/mol. The molecule has 0 saturated carbocycles. The highest BCUT2D eigenvalue weighted by atomic mass is 15.3. The van der Waals surface area contributed by atoms with E-state index in [2.05, 4.69) is 64.4 Å². The smallest absolute Gasteiger partial charge is 0.132 e. The highest BCUT2D eigenvalue weighted by Crippen LogP contribution is 2.39. The molecule has 1 saturated heterocycles. The van der Waals surface area contributed by atoms with Crippen LogP contribution in [0.1, 0.15) is 31.2 Å². The molecule has 0 bridgehead atoms. The molecule has 28 heavy (non-hydrogen) atoms. The van der Waals surface area contributed by atoms with E-state index in [9.17, 15) is 10.5 Å². The van der Waals surface area contributed by atoms with Gasteiger partial charge >= 0.3 is 0 Å². The number of fused-ring (bicyclic) bond motifs is 1. The van der Waals surface area contributed by atoms with E-state index in [0.717, 1.165) is 57.6 Å². The van der Waals surface area contributed by atoms with Crippen molar-refractivity contribution in [3.8, 4) is 12.1 Å². The van der Waals surface area contributed by atoms with Gasteiger partial charge in [0.25, 0.3) is 0 Å². The second-order valence-electron chi connectivity index (χ2n) is 7.93. The number of rotatable bonds is 3. The highest BCUT2D eigenvalue weighted by molar-refractivity contribution is 5.49. The average molecular weight is 371 g/mol. The average Bonchev–Trinajstić information content (AvgIpc) is 2.75. The first kappa shape index (κ1) is 18.5. The van der Waals surface area contributed by atoms with Crippen molar-refractivity contribution in [3.05, 3.63) is 70.5 Å². The van der Waals surface area contributed by atoms with Gasteiger partial charge in [0.2, 0.25) is 0 Å². The topological polar surface area (TPSA) is 54.1 Å². The van der Waals surface area contributed by atoms with Crippen LogP contribution >= 0.6 is 0 Å². The second-order valence-corrected chi connectivity index (χ2v) is 7.93. The summed E-state index contributed by atoms with van der Waals surface area (Å²) < 4.78 is 0. The van der Waals surface area contributed by atoms with E-state index < -0.39 is 0 Å². The molecule has 0 amide bonds. The van der Waals surface area contributed by atoms with E-state index in [0.29, 0.717) is 5.92 Å². The van der Waals surface area contributed by atoms with Crippen LogP contribution in [0.2, 0.25) is 0 Å². The lowest BCUT2D eigenvalue weighted by Gasteiger charge is -2.40. The first-order chi connectivity index (χ1) is 13.8. The van der Waals surface area contributed by atoms with Crippen LogP contribution in [-0.4, -0.2) is 36.0 Å². The van der Waals surface area contributed by atoms with Crippen LogP contribution < -0.4 is 0 Å². The molecule has 0 aromatic heterocycles. The maximum atomic E-state index is 9.17. The van der Waals surface area contributed by atoms with E-state index in [4.69, 9.17) is 0 Å². The van der Waals surface area contributed by atoms with Crippen molar-refractivity contribution in [2.24, 2.45) is 5.92 Å². The third kappa shape index (κ3) is 4.03. The summed E-state index contributed by atoms with van der Waals surface area (Å²) in [6.07, 6.45) is 8.69. The molecule has 0 unspecified atom stereocenters. The molecule has 142 valence electrons. The summed E-state index contributed by atoms with van der Waals surface area (Å²) in [7, 11) is 0. The minimum Gasteiger partial charge on any atom is -0.372 e. The van der Waals surface area contributed by atoms with Gasteiger partial charge in [0, 0.05) is 38.4 Å². The SMILES string of the molecule is N#CC(C#N)=C1C=C2C=C(N3CCN(Cc4ccccc4)CC3)CC[C@@H]2CC1. The van der Waals surface area contributed by atoms with E-state index in [1.54, 1.807) is 0 Å². The summed E-state index contributed by atoms with van der Waals surface area (Å²) in [5.74, 6) is 0.588. The molecule has 1 heterocycles. The molecule has 1 aromatic rings. The Morgan fingerprint density at radius 1 is 0.929 bits per heavy atom. The Hall–Kier alpha value is -2.82. The van der Waals surface area contributed by atoms with Crippen molar-refractivity contribution in [1.82, 2.24) is 9.80 Å². The fourth-order valence-electron chi connectivity index (χ4n) is 4.59. The summed E-state index contributed by atoms with van der Waals surface area (Å²) in [6, 6.07) is 14.8. The fourth-order valence-corrected chi connectivity index (χ4v) is 4.59. The van der Waals surface area contributed by atoms with E-state index >= 15 is 0 Å². The van der Waals surface area contributed by atoms with Gasteiger partial charge < -0.3 is 4.90 Å².